The molecular formula is C16H20N2O3. The minimum atomic E-state index is -0.0744. The van der Waals surface area contributed by atoms with Crippen molar-refractivity contribution in [1.82, 2.24) is 10.2 Å². The molecule has 3 rings (SSSR count). The van der Waals surface area contributed by atoms with Gasteiger partial charge < -0.3 is 15.0 Å². The Balaban J connectivity index is 1.58. The third kappa shape index (κ3) is 3.24. The fourth-order valence-corrected chi connectivity index (χ4v) is 2.91. The normalized spacial score (nSPS) is 19.2. The highest BCUT2D eigenvalue weighted by molar-refractivity contribution is 5.98. The SMILES string of the molecule is O=C(CN1CCc2ccccc2C1=O)NC1CCOCC1. The number of ether oxygens (including phenoxy) is 1. The second-order valence-electron chi connectivity index (χ2n) is 5.59. The number of rotatable bonds is 3. The smallest absolute Gasteiger partial charge is 0.254 e. The molecule has 0 aromatic heterocycles. The van der Waals surface area contributed by atoms with E-state index in [0.29, 0.717) is 19.8 Å². The van der Waals surface area contributed by atoms with E-state index >= 15 is 0 Å². The lowest BCUT2D eigenvalue weighted by atomic mass is 9.99. The topological polar surface area (TPSA) is 58.6 Å². The molecule has 2 aliphatic heterocycles. The summed E-state index contributed by atoms with van der Waals surface area (Å²) in [5.74, 6) is -0.117. The maximum Gasteiger partial charge on any atom is 0.254 e. The predicted molar refractivity (Wildman–Crippen MR) is 78.0 cm³/mol. The van der Waals surface area contributed by atoms with Crippen LogP contribution in [0.25, 0.3) is 0 Å². The van der Waals surface area contributed by atoms with E-state index in [0.717, 1.165) is 30.4 Å². The van der Waals surface area contributed by atoms with Gasteiger partial charge in [0.1, 0.15) is 0 Å². The molecule has 2 aliphatic rings. The van der Waals surface area contributed by atoms with Crippen LogP contribution in [0.1, 0.15) is 28.8 Å². The van der Waals surface area contributed by atoms with Crippen LogP contribution in [-0.4, -0.2) is 49.1 Å². The van der Waals surface area contributed by atoms with Crippen molar-refractivity contribution in [1.29, 1.82) is 0 Å². The summed E-state index contributed by atoms with van der Waals surface area (Å²) in [6, 6.07) is 7.80. The molecule has 1 fully saturated rings. The summed E-state index contributed by atoms with van der Waals surface area (Å²) in [5.41, 5.74) is 1.80. The summed E-state index contributed by atoms with van der Waals surface area (Å²) in [4.78, 5) is 26.1. The van der Waals surface area contributed by atoms with Crippen LogP contribution in [0, 0.1) is 0 Å². The van der Waals surface area contributed by atoms with Gasteiger partial charge in [-0.05, 0) is 30.9 Å². The second-order valence-corrected chi connectivity index (χ2v) is 5.59. The predicted octanol–water partition coefficient (Wildman–Crippen LogP) is 0.980. The Bertz CT molecular complexity index is 538. The number of nitrogens with one attached hydrogen (secondary N) is 1. The van der Waals surface area contributed by atoms with E-state index in [9.17, 15) is 9.59 Å². The molecule has 0 radical (unpaired) electrons. The van der Waals surface area contributed by atoms with E-state index in [1.807, 2.05) is 24.3 Å². The Morgan fingerprint density at radius 3 is 2.86 bits per heavy atom. The third-order valence-electron chi connectivity index (χ3n) is 4.11. The van der Waals surface area contributed by atoms with E-state index in [4.69, 9.17) is 4.74 Å². The molecule has 0 unspecified atom stereocenters. The summed E-state index contributed by atoms with van der Waals surface area (Å²) < 4.78 is 5.27. The lowest BCUT2D eigenvalue weighted by Crippen LogP contribution is -2.47. The molecule has 0 bridgehead atoms. The van der Waals surface area contributed by atoms with Gasteiger partial charge in [0, 0.05) is 31.4 Å². The fourth-order valence-electron chi connectivity index (χ4n) is 2.91. The molecule has 0 aliphatic carbocycles. The number of fused-ring (bicyclic) bond motifs is 1. The van der Waals surface area contributed by atoms with Crippen LogP contribution in [0.4, 0.5) is 0 Å². The molecular weight excluding hydrogens is 268 g/mol. The summed E-state index contributed by atoms with van der Waals surface area (Å²) in [7, 11) is 0. The number of benzene rings is 1. The van der Waals surface area contributed by atoms with Crippen LogP contribution in [0.5, 0.6) is 0 Å². The maximum atomic E-state index is 12.4. The van der Waals surface area contributed by atoms with Gasteiger partial charge in [0.2, 0.25) is 5.91 Å². The lowest BCUT2D eigenvalue weighted by Gasteiger charge is -2.29. The van der Waals surface area contributed by atoms with E-state index in [2.05, 4.69) is 5.32 Å². The van der Waals surface area contributed by atoms with Gasteiger partial charge in [-0.1, -0.05) is 18.2 Å². The molecule has 5 nitrogen and oxygen atoms in total. The highest BCUT2D eigenvalue weighted by Gasteiger charge is 2.26. The molecule has 0 saturated carbocycles. The molecule has 0 spiro atoms. The number of hydrogen-bond donors (Lipinski definition) is 1. The van der Waals surface area contributed by atoms with Crippen molar-refractivity contribution in [3.8, 4) is 0 Å². The summed E-state index contributed by atoms with van der Waals surface area (Å²) in [5, 5.41) is 3.00. The molecule has 0 atom stereocenters. The van der Waals surface area contributed by atoms with E-state index in [1.165, 1.54) is 0 Å². The van der Waals surface area contributed by atoms with Gasteiger partial charge in [0.05, 0.1) is 6.54 Å². The standard InChI is InChI=1S/C16H20N2O3/c19-15(17-13-6-9-21-10-7-13)11-18-8-5-12-3-1-2-4-14(12)16(18)20/h1-4,13H,5-11H2,(H,17,19). The van der Waals surface area contributed by atoms with Crippen LogP contribution in [0.3, 0.4) is 0 Å². The van der Waals surface area contributed by atoms with E-state index in [-0.39, 0.29) is 24.4 Å². The monoisotopic (exact) mass is 288 g/mol. The van der Waals surface area contributed by atoms with E-state index < -0.39 is 0 Å². The first kappa shape index (κ1) is 14.1. The molecule has 1 aromatic rings. The molecule has 2 amide bonds. The average Bonchev–Trinajstić information content (AvgIpc) is 2.51. The molecule has 2 heterocycles. The van der Waals surface area contributed by atoms with Crippen LogP contribution in [0.2, 0.25) is 0 Å². The average molecular weight is 288 g/mol. The van der Waals surface area contributed by atoms with Gasteiger partial charge >= 0.3 is 0 Å². The number of nitrogens with zero attached hydrogens (tertiary/aromatic N) is 1. The first-order valence-electron chi connectivity index (χ1n) is 7.48. The lowest BCUT2D eigenvalue weighted by molar-refractivity contribution is -0.123. The molecule has 112 valence electrons. The Hall–Kier alpha value is -1.88. The quantitative estimate of drug-likeness (QED) is 0.902. The first-order valence-corrected chi connectivity index (χ1v) is 7.48. The summed E-state index contributed by atoms with van der Waals surface area (Å²) in [6.07, 6.45) is 2.51. The Labute approximate surface area is 124 Å². The van der Waals surface area contributed by atoms with Crippen LogP contribution in [-0.2, 0) is 16.0 Å². The first-order chi connectivity index (χ1) is 10.2. The van der Waals surface area contributed by atoms with Gasteiger partial charge in [0.15, 0.2) is 0 Å². The maximum absolute atomic E-state index is 12.4. The zero-order valence-electron chi connectivity index (χ0n) is 12.0. The van der Waals surface area contributed by atoms with Crippen LogP contribution >= 0.6 is 0 Å². The number of carbonyl (C=O) groups is 2. The van der Waals surface area contributed by atoms with Crippen molar-refractivity contribution in [3.63, 3.8) is 0 Å². The molecule has 1 aromatic carbocycles. The van der Waals surface area contributed by atoms with E-state index in [1.54, 1.807) is 4.90 Å². The van der Waals surface area contributed by atoms with Crippen LogP contribution in [0.15, 0.2) is 24.3 Å². The highest BCUT2D eigenvalue weighted by atomic mass is 16.5. The zero-order valence-corrected chi connectivity index (χ0v) is 12.0. The number of amides is 2. The molecule has 1 N–H and O–H groups in total. The minimum absolute atomic E-state index is 0.0426. The van der Waals surface area contributed by atoms with Crippen molar-refractivity contribution in [2.45, 2.75) is 25.3 Å². The highest BCUT2D eigenvalue weighted by Crippen LogP contribution is 2.18. The van der Waals surface area contributed by atoms with Crippen molar-refractivity contribution in [2.24, 2.45) is 0 Å². The summed E-state index contributed by atoms with van der Waals surface area (Å²) >= 11 is 0. The second kappa shape index (κ2) is 6.26. The third-order valence-corrected chi connectivity index (χ3v) is 4.11. The van der Waals surface area contributed by atoms with Gasteiger partial charge in [-0.3, -0.25) is 9.59 Å². The zero-order chi connectivity index (χ0) is 14.7. The molecule has 21 heavy (non-hydrogen) atoms. The fraction of sp³-hybridized carbons (Fsp3) is 0.500. The Kier molecular flexibility index (Phi) is 4.20. The Morgan fingerprint density at radius 1 is 1.29 bits per heavy atom. The van der Waals surface area contributed by atoms with Gasteiger partial charge in [0.25, 0.3) is 5.91 Å². The largest absolute Gasteiger partial charge is 0.381 e. The summed E-state index contributed by atoms with van der Waals surface area (Å²) in [6.45, 7) is 2.14. The minimum Gasteiger partial charge on any atom is -0.381 e. The molecule has 5 heteroatoms. The van der Waals surface area contributed by atoms with Crippen molar-refractivity contribution in [2.75, 3.05) is 26.3 Å². The number of carbonyl (C=O) groups excluding carboxylic acids is 2. The van der Waals surface area contributed by atoms with Crippen molar-refractivity contribution >= 4 is 11.8 Å². The van der Waals surface area contributed by atoms with Crippen molar-refractivity contribution in [3.05, 3.63) is 35.4 Å². The van der Waals surface area contributed by atoms with Crippen molar-refractivity contribution < 1.29 is 14.3 Å². The Morgan fingerprint density at radius 2 is 2.05 bits per heavy atom. The van der Waals surface area contributed by atoms with Gasteiger partial charge in [-0.25, -0.2) is 0 Å². The number of hydrogen-bond acceptors (Lipinski definition) is 3. The van der Waals surface area contributed by atoms with Crippen LogP contribution < -0.4 is 5.32 Å². The molecule has 1 saturated heterocycles. The van der Waals surface area contributed by atoms with Gasteiger partial charge in [-0.15, -0.1) is 0 Å². The van der Waals surface area contributed by atoms with Gasteiger partial charge in [-0.2, -0.15) is 0 Å².